The molecule has 0 unspecified atom stereocenters. The molecule has 2 aromatic rings. The van der Waals surface area contributed by atoms with Crippen LogP contribution in [0.25, 0.3) is 0 Å². The molecule has 0 bridgehead atoms. The van der Waals surface area contributed by atoms with E-state index in [1.165, 1.54) is 23.1 Å². The van der Waals surface area contributed by atoms with E-state index in [1.54, 1.807) is 6.92 Å². The maximum atomic E-state index is 13.8. The van der Waals surface area contributed by atoms with Crippen LogP contribution in [0.15, 0.2) is 22.7 Å². The molecule has 0 saturated heterocycles. The van der Waals surface area contributed by atoms with E-state index in [2.05, 4.69) is 15.5 Å². The SMILES string of the molecule is Cc1noc(CCNC(=O)N(Cc2c(F)cccc2F)C2CC2)n1. The Labute approximate surface area is 137 Å². The van der Waals surface area contributed by atoms with Crippen molar-refractivity contribution >= 4 is 6.03 Å². The van der Waals surface area contributed by atoms with Gasteiger partial charge in [-0.3, -0.25) is 0 Å². The van der Waals surface area contributed by atoms with Crippen molar-refractivity contribution in [3.8, 4) is 0 Å². The molecule has 0 radical (unpaired) electrons. The Bertz CT molecular complexity index is 710. The van der Waals surface area contributed by atoms with E-state index in [-0.39, 0.29) is 24.2 Å². The molecular formula is C16H18F2N4O2. The number of aryl methyl sites for hydroxylation is 1. The molecule has 3 rings (SSSR count). The zero-order valence-corrected chi connectivity index (χ0v) is 13.3. The second kappa shape index (κ2) is 6.94. The van der Waals surface area contributed by atoms with E-state index >= 15 is 0 Å². The molecule has 6 nitrogen and oxygen atoms in total. The molecule has 8 heteroatoms. The van der Waals surface area contributed by atoms with Crippen LogP contribution in [0.2, 0.25) is 0 Å². The Kier molecular flexibility index (Phi) is 4.73. The van der Waals surface area contributed by atoms with Crippen molar-refractivity contribution in [3.63, 3.8) is 0 Å². The number of amides is 2. The summed E-state index contributed by atoms with van der Waals surface area (Å²) in [6.45, 7) is 1.93. The molecule has 24 heavy (non-hydrogen) atoms. The molecule has 1 aliphatic carbocycles. The van der Waals surface area contributed by atoms with E-state index in [1.807, 2.05) is 0 Å². The van der Waals surface area contributed by atoms with E-state index < -0.39 is 11.6 Å². The second-order valence-electron chi connectivity index (χ2n) is 5.78. The van der Waals surface area contributed by atoms with Gasteiger partial charge in [-0.1, -0.05) is 11.2 Å². The maximum Gasteiger partial charge on any atom is 0.317 e. The van der Waals surface area contributed by atoms with E-state index in [0.29, 0.717) is 24.7 Å². The van der Waals surface area contributed by atoms with Crippen molar-refractivity contribution in [2.45, 2.75) is 38.8 Å². The van der Waals surface area contributed by atoms with Crippen molar-refractivity contribution in [1.29, 1.82) is 0 Å². The van der Waals surface area contributed by atoms with E-state index in [4.69, 9.17) is 4.52 Å². The van der Waals surface area contributed by atoms with Crippen LogP contribution in [0.5, 0.6) is 0 Å². The molecule has 2 amide bonds. The number of benzene rings is 1. The zero-order chi connectivity index (χ0) is 17.1. The molecule has 0 atom stereocenters. The molecule has 1 aromatic carbocycles. The van der Waals surface area contributed by atoms with Gasteiger partial charge in [0.25, 0.3) is 0 Å². The summed E-state index contributed by atoms with van der Waals surface area (Å²) in [6.07, 6.45) is 2.08. The number of nitrogens with zero attached hydrogens (tertiary/aromatic N) is 3. The smallest absolute Gasteiger partial charge is 0.317 e. The molecule has 0 aliphatic heterocycles. The van der Waals surface area contributed by atoms with Gasteiger partial charge < -0.3 is 14.7 Å². The van der Waals surface area contributed by atoms with Gasteiger partial charge in [0, 0.05) is 24.6 Å². The Morgan fingerprint density at radius 2 is 2.08 bits per heavy atom. The van der Waals surface area contributed by atoms with E-state index in [0.717, 1.165) is 12.8 Å². The number of aromatic nitrogens is 2. The van der Waals surface area contributed by atoms with Crippen molar-refractivity contribution in [2.75, 3.05) is 6.54 Å². The number of urea groups is 1. The predicted molar refractivity (Wildman–Crippen MR) is 81.1 cm³/mol. The number of carbonyl (C=O) groups excluding carboxylic acids is 1. The third kappa shape index (κ3) is 3.87. The van der Waals surface area contributed by atoms with Gasteiger partial charge in [0.05, 0.1) is 6.54 Å². The molecular weight excluding hydrogens is 318 g/mol. The highest BCUT2D eigenvalue weighted by atomic mass is 19.1. The predicted octanol–water partition coefficient (Wildman–Crippen LogP) is 2.57. The number of nitrogens with one attached hydrogen (secondary N) is 1. The van der Waals surface area contributed by atoms with Crippen LogP contribution < -0.4 is 5.32 Å². The quantitative estimate of drug-likeness (QED) is 0.880. The second-order valence-corrected chi connectivity index (χ2v) is 5.78. The molecule has 1 aliphatic rings. The van der Waals surface area contributed by atoms with Gasteiger partial charge in [0.2, 0.25) is 5.89 Å². The summed E-state index contributed by atoms with van der Waals surface area (Å²) < 4.78 is 32.6. The van der Waals surface area contributed by atoms with Gasteiger partial charge in [-0.25, -0.2) is 13.6 Å². The fourth-order valence-electron chi connectivity index (χ4n) is 2.43. The fraction of sp³-hybridized carbons (Fsp3) is 0.438. The Hall–Kier alpha value is -2.51. The molecule has 1 fully saturated rings. The van der Waals surface area contributed by atoms with Gasteiger partial charge in [-0.2, -0.15) is 4.98 Å². The Balaban J connectivity index is 1.59. The van der Waals surface area contributed by atoms with Gasteiger partial charge in [0.15, 0.2) is 5.82 Å². The van der Waals surface area contributed by atoms with Crippen LogP contribution in [-0.2, 0) is 13.0 Å². The molecule has 1 saturated carbocycles. The minimum Gasteiger partial charge on any atom is -0.339 e. The van der Waals surface area contributed by atoms with Crippen LogP contribution >= 0.6 is 0 Å². The van der Waals surface area contributed by atoms with Crippen LogP contribution in [0.1, 0.15) is 30.1 Å². The minimum absolute atomic E-state index is 0.0228. The van der Waals surface area contributed by atoms with Crippen molar-refractivity contribution in [2.24, 2.45) is 0 Å². The third-order valence-corrected chi connectivity index (χ3v) is 3.82. The lowest BCUT2D eigenvalue weighted by Crippen LogP contribution is -2.42. The first-order chi connectivity index (χ1) is 11.5. The standard InChI is InChI=1S/C16H18F2N4O2/c1-10-20-15(24-21-10)7-8-19-16(23)22(11-5-6-11)9-12-13(17)3-2-4-14(12)18/h2-4,11H,5-9H2,1H3,(H,19,23). The van der Waals surface area contributed by atoms with E-state index in [9.17, 15) is 13.6 Å². The largest absolute Gasteiger partial charge is 0.339 e. The Morgan fingerprint density at radius 3 is 2.67 bits per heavy atom. The Morgan fingerprint density at radius 1 is 1.38 bits per heavy atom. The van der Waals surface area contributed by atoms with Gasteiger partial charge in [0.1, 0.15) is 11.6 Å². The van der Waals surface area contributed by atoms with Gasteiger partial charge >= 0.3 is 6.03 Å². The normalized spacial score (nSPS) is 13.8. The lowest BCUT2D eigenvalue weighted by atomic mass is 10.2. The van der Waals surface area contributed by atoms with Gasteiger partial charge in [-0.05, 0) is 31.9 Å². The summed E-state index contributed by atoms with van der Waals surface area (Å²) in [6, 6.07) is 3.37. The summed E-state index contributed by atoms with van der Waals surface area (Å²) in [5, 5.41) is 6.41. The van der Waals surface area contributed by atoms with Crippen molar-refractivity contribution < 1.29 is 18.1 Å². The molecule has 1 heterocycles. The fourth-order valence-corrected chi connectivity index (χ4v) is 2.43. The summed E-state index contributed by atoms with van der Waals surface area (Å²) in [4.78, 5) is 17.9. The lowest BCUT2D eigenvalue weighted by molar-refractivity contribution is 0.190. The van der Waals surface area contributed by atoms with Crippen molar-refractivity contribution in [1.82, 2.24) is 20.4 Å². The highest BCUT2D eigenvalue weighted by Crippen LogP contribution is 2.29. The highest BCUT2D eigenvalue weighted by Gasteiger charge is 2.33. The average Bonchev–Trinajstić information content (AvgIpc) is 3.29. The molecule has 1 aromatic heterocycles. The summed E-state index contributed by atoms with van der Waals surface area (Å²) in [7, 11) is 0. The summed E-state index contributed by atoms with van der Waals surface area (Å²) >= 11 is 0. The number of rotatable bonds is 6. The van der Waals surface area contributed by atoms with Crippen LogP contribution in [-0.4, -0.2) is 33.7 Å². The van der Waals surface area contributed by atoms with Crippen LogP contribution in [0.3, 0.4) is 0 Å². The first kappa shape index (κ1) is 16.4. The van der Waals surface area contributed by atoms with Crippen LogP contribution in [0.4, 0.5) is 13.6 Å². The first-order valence-electron chi connectivity index (χ1n) is 7.81. The number of carbonyl (C=O) groups is 1. The highest BCUT2D eigenvalue weighted by molar-refractivity contribution is 5.75. The topological polar surface area (TPSA) is 71.3 Å². The summed E-state index contributed by atoms with van der Waals surface area (Å²) in [5.41, 5.74) is -0.0907. The maximum absolute atomic E-state index is 13.8. The molecule has 128 valence electrons. The average molecular weight is 336 g/mol. The third-order valence-electron chi connectivity index (χ3n) is 3.82. The van der Waals surface area contributed by atoms with Crippen LogP contribution in [0, 0.1) is 18.6 Å². The number of halogens is 2. The summed E-state index contributed by atoms with van der Waals surface area (Å²) in [5.74, 6) is -0.318. The first-order valence-corrected chi connectivity index (χ1v) is 7.81. The molecule has 0 spiro atoms. The molecule has 1 N–H and O–H groups in total. The van der Waals surface area contributed by atoms with Crippen molar-refractivity contribution in [3.05, 3.63) is 47.1 Å². The number of hydrogen-bond donors (Lipinski definition) is 1. The minimum atomic E-state index is -0.644. The number of hydrogen-bond acceptors (Lipinski definition) is 4. The zero-order valence-electron chi connectivity index (χ0n) is 13.3. The lowest BCUT2D eigenvalue weighted by Gasteiger charge is -2.23. The van der Waals surface area contributed by atoms with Gasteiger partial charge in [-0.15, -0.1) is 0 Å². The monoisotopic (exact) mass is 336 g/mol.